The molecule has 2 fully saturated rings. The van der Waals surface area contributed by atoms with Crippen LogP contribution in [0.15, 0.2) is 0 Å². The molecule has 2 aliphatic heterocycles. The summed E-state index contributed by atoms with van der Waals surface area (Å²) in [6.45, 7) is 7.31. The van der Waals surface area contributed by atoms with Crippen LogP contribution in [0, 0.1) is 5.92 Å². The van der Waals surface area contributed by atoms with Gasteiger partial charge < -0.3 is 15.5 Å². The molecule has 0 saturated carbocycles. The van der Waals surface area contributed by atoms with E-state index in [-0.39, 0.29) is 11.8 Å². The fourth-order valence-corrected chi connectivity index (χ4v) is 3.05. The maximum Gasteiger partial charge on any atom is 0.224 e. The summed E-state index contributed by atoms with van der Waals surface area (Å²) in [4.78, 5) is 14.5. The molecule has 2 N–H and O–H groups in total. The van der Waals surface area contributed by atoms with Gasteiger partial charge in [0.25, 0.3) is 0 Å². The van der Waals surface area contributed by atoms with E-state index in [9.17, 15) is 4.79 Å². The molecule has 0 spiro atoms. The smallest absolute Gasteiger partial charge is 0.224 e. The Hall–Kier alpha value is -0.610. The first-order chi connectivity index (χ1) is 8.77. The van der Waals surface area contributed by atoms with Crippen molar-refractivity contribution in [3.05, 3.63) is 0 Å². The van der Waals surface area contributed by atoms with Crippen LogP contribution in [0.25, 0.3) is 0 Å². The quantitative estimate of drug-likeness (QED) is 0.785. The molecule has 2 heterocycles. The van der Waals surface area contributed by atoms with Gasteiger partial charge in [0.1, 0.15) is 0 Å². The molecule has 2 saturated heterocycles. The second kappa shape index (κ2) is 7.10. The van der Waals surface area contributed by atoms with Crippen LogP contribution in [-0.2, 0) is 4.79 Å². The molecule has 0 bridgehead atoms. The van der Waals surface area contributed by atoms with Gasteiger partial charge in [-0.3, -0.25) is 4.79 Å². The van der Waals surface area contributed by atoms with E-state index in [1.54, 1.807) is 0 Å². The standard InChI is InChI=1S/C14H27N3O/c1-12-13(6-7-15-12)14(18)16-8-11-17-9-4-2-3-5-10-17/h12-13,15H,2-11H2,1H3,(H,16,18). The zero-order valence-corrected chi connectivity index (χ0v) is 11.6. The van der Waals surface area contributed by atoms with Crippen molar-refractivity contribution in [2.24, 2.45) is 5.92 Å². The third kappa shape index (κ3) is 3.95. The van der Waals surface area contributed by atoms with Crippen LogP contribution in [-0.4, -0.2) is 49.6 Å². The van der Waals surface area contributed by atoms with Gasteiger partial charge in [-0.05, 0) is 45.8 Å². The first-order valence-corrected chi connectivity index (χ1v) is 7.51. The number of carbonyl (C=O) groups is 1. The number of nitrogens with one attached hydrogen (secondary N) is 2. The monoisotopic (exact) mass is 253 g/mol. The van der Waals surface area contributed by atoms with E-state index in [0.717, 1.165) is 26.1 Å². The van der Waals surface area contributed by atoms with Crippen molar-refractivity contribution in [1.82, 2.24) is 15.5 Å². The third-order valence-electron chi connectivity index (χ3n) is 4.29. The summed E-state index contributed by atoms with van der Waals surface area (Å²) in [7, 11) is 0. The van der Waals surface area contributed by atoms with Crippen LogP contribution in [0.3, 0.4) is 0 Å². The molecule has 2 unspecified atom stereocenters. The Bertz CT molecular complexity index is 262. The Morgan fingerprint density at radius 3 is 2.61 bits per heavy atom. The van der Waals surface area contributed by atoms with Crippen molar-refractivity contribution in [2.75, 3.05) is 32.7 Å². The maximum absolute atomic E-state index is 12.0. The lowest BCUT2D eigenvalue weighted by Gasteiger charge is -2.21. The highest BCUT2D eigenvalue weighted by Crippen LogP contribution is 2.14. The SMILES string of the molecule is CC1NCCC1C(=O)NCCN1CCCCCC1. The van der Waals surface area contributed by atoms with E-state index < -0.39 is 0 Å². The normalized spacial score (nSPS) is 30.1. The zero-order chi connectivity index (χ0) is 12.8. The Labute approximate surface area is 110 Å². The molecular formula is C14H27N3O. The number of amides is 1. The molecule has 0 aromatic carbocycles. The number of hydrogen-bond donors (Lipinski definition) is 2. The van der Waals surface area contributed by atoms with Crippen molar-refractivity contribution in [3.63, 3.8) is 0 Å². The molecular weight excluding hydrogens is 226 g/mol. The Morgan fingerprint density at radius 1 is 1.28 bits per heavy atom. The van der Waals surface area contributed by atoms with Crippen molar-refractivity contribution in [2.45, 2.75) is 45.1 Å². The van der Waals surface area contributed by atoms with E-state index in [2.05, 4.69) is 22.5 Å². The molecule has 18 heavy (non-hydrogen) atoms. The molecule has 0 aromatic rings. The summed E-state index contributed by atoms with van der Waals surface area (Å²) in [5, 5.41) is 6.43. The number of hydrogen-bond acceptors (Lipinski definition) is 3. The van der Waals surface area contributed by atoms with Gasteiger partial charge in [0.15, 0.2) is 0 Å². The lowest BCUT2D eigenvalue weighted by atomic mass is 10.0. The number of nitrogens with zero attached hydrogens (tertiary/aromatic N) is 1. The van der Waals surface area contributed by atoms with E-state index in [0.29, 0.717) is 6.04 Å². The van der Waals surface area contributed by atoms with Gasteiger partial charge in [0.05, 0.1) is 5.92 Å². The lowest BCUT2D eigenvalue weighted by Crippen LogP contribution is -2.40. The molecule has 104 valence electrons. The second-order valence-electron chi connectivity index (χ2n) is 5.68. The average molecular weight is 253 g/mol. The second-order valence-corrected chi connectivity index (χ2v) is 5.68. The highest BCUT2D eigenvalue weighted by Gasteiger charge is 2.28. The van der Waals surface area contributed by atoms with Crippen molar-refractivity contribution >= 4 is 5.91 Å². The molecule has 4 heteroatoms. The predicted molar refractivity (Wildman–Crippen MR) is 73.5 cm³/mol. The Balaban J connectivity index is 1.63. The van der Waals surface area contributed by atoms with E-state index >= 15 is 0 Å². The highest BCUT2D eigenvalue weighted by molar-refractivity contribution is 5.79. The topological polar surface area (TPSA) is 44.4 Å². The van der Waals surface area contributed by atoms with Gasteiger partial charge in [-0.25, -0.2) is 0 Å². The van der Waals surface area contributed by atoms with Crippen LogP contribution in [0.5, 0.6) is 0 Å². The minimum atomic E-state index is 0.175. The van der Waals surface area contributed by atoms with Crippen LogP contribution < -0.4 is 10.6 Å². The van der Waals surface area contributed by atoms with Gasteiger partial charge in [-0.1, -0.05) is 12.8 Å². The highest BCUT2D eigenvalue weighted by atomic mass is 16.1. The van der Waals surface area contributed by atoms with Crippen molar-refractivity contribution < 1.29 is 4.79 Å². The molecule has 0 aliphatic carbocycles. The maximum atomic E-state index is 12.0. The van der Waals surface area contributed by atoms with Crippen LogP contribution in [0.1, 0.15) is 39.0 Å². The Morgan fingerprint density at radius 2 is 2.00 bits per heavy atom. The molecule has 1 amide bonds. The first-order valence-electron chi connectivity index (χ1n) is 7.51. The molecule has 0 radical (unpaired) electrons. The molecule has 2 aliphatic rings. The third-order valence-corrected chi connectivity index (χ3v) is 4.29. The van der Waals surface area contributed by atoms with Crippen LogP contribution in [0.4, 0.5) is 0 Å². The minimum absolute atomic E-state index is 0.175. The summed E-state index contributed by atoms with van der Waals surface area (Å²) >= 11 is 0. The molecule has 4 nitrogen and oxygen atoms in total. The predicted octanol–water partition coefficient (Wildman–Crippen LogP) is 0.977. The van der Waals surface area contributed by atoms with Crippen LogP contribution in [0.2, 0.25) is 0 Å². The van der Waals surface area contributed by atoms with Crippen molar-refractivity contribution in [3.8, 4) is 0 Å². The summed E-state index contributed by atoms with van der Waals surface area (Å²) in [6.07, 6.45) is 6.36. The minimum Gasteiger partial charge on any atom is -0.355 e. The fraction of sp³-hybridized carbons (Fsp3) is 0.929. The number of rotatable bonds is 4. The molecule has 2 atom stereocenters. The van der Waals surface area contributed by atoms with E-state index in [4.69, 9.17) is 0 Å². The van der Waals surface area contributed by atoms with E-state index in [1.807, 2.05) is 0 Å². The summed E-state index contributed by atoms with van der Waals surface area (Å²) in [5.74, 6) is 0.413. The fourth-order valence-electron chi connectivity index (χ4n) is 3.05. The molecule has 2 rings (SSSR count). The number of likely N-dealkylation sites (tertiary alicyclic amines) is 1. The van der Waals surface area contributed by atoms with Gasteiger partial charge in [0, 0.05) is 19.1 Å². The van der Waals surface area contributed by atoms with Gasteiger partial charge in [0.2, 0.25) is 5.91 Å². The average Bonchev–Trinajstić information content (AvgIpc) is 2.63. The largest absolute Gasteiger partial charge is 0.355 e. The lowest BCUT2D eigenvalue weighted by molar-refractivity contribution is -0.125. The Kier molecular flexibility index (Phi) is 5.45. The number of carbonyl (C=O) groups excluding carboxylic acids is 1. The van der Waals surface area contributed by atoms with E-state index in [1.165, 1.54) is 38.8 Å². The summed E-state index contributed by atoms with van der Waals surface area (Å²) < 4.78 is 0. The van der Waals surface area contributed by atoms with Crippen molar-refractivity contribution in [1.29, 1.82) is 0 Å². The summed E-state index contributed by atoms with van der Waals surface area (Å²) in [6, 6.07) is 0.336. The van der Waals surface area contributed by atoms with Gasteiger partial charge in [-0.15, -0.1) is 0 Å². The van der Waals surface area contributed by atoms with Crippen LogP contribution >= 0.6 is 0 Å². The van der Waals surface area contributed by atoms with Gasteiger partial charge >= 0.3 is 0 Å². The van der Waals surface area contributed by atoms with Gasteiger partial charge in [-0.2, -0.15) is 0 Å². The zero-order valence-electron chi connectivity index (χ0n) is 11.6. The first kappa shape index (κ1) is 13.8. The molecule has 0 aromatic heterocycles. The summed E-state index contributed by atoms with van der Waals surface area (Å²) in [5.41, 5.74) is 0.